The van der Waals surface area contributed by atoms with E-state index in [1.165, 1.54) is 7.11 Å². The maximum Gasteiger partial charge on any atom is 0.348 e. The zero-order valence-corrected chi connectivity index (χ0v) is 16.0. The van der Waals surface area contributed by atoms with Gasteiger partial charge in [-0.15, -0.1) is 11.3 Å². The number of methoxy groups -OCH3 is 1. The summed E-state index contributed by atoms with van der Waals surface area (Å²) in [4.78, 5) is 25.9. The molecule has 0 unspecified atom stereocenters. The number of carbonyl (C=O) groups is 2. The van der Waals surface area contributed by atoms with Crippen molar-refractivity contribution in [2.45, 2.75) is 6.54 Å². The molecule has 6 nitrogen and oxygen atoms in total. The Morgan fingerprint density at radius 2 is 1.92 bits per heavy atom. The number of hydrogen-bond acceptors (Lipinski definition) is 5. The van der Waals surface area contributed by atoms with Crippen LogP contribution in [0.5, 0.6) is 0 Å². The van der Waals surface area contributed by atoms with Crippen LogP contribution in [0, 0.1) is 0 Å². The standard InChI is InChI=1S/C16H18BrN3O3S/c1-20(2)11-6-4-10(5-7-11)9-18-16(22)19-14-12(17)8-13(24-14)15(21)23-3/h4-8H,9H2,1-3H3,(H2,18,19,22). The molecule has 0 saturated carbocycles. The van der Waals surface area contributed by atoms with E-state index in [0.29, 0.717) is 20.9 Å². The molecule has 8 heteroatoms. The molecule has 0 aliphatic heterocycles. The molecular weight excluding hydrogens is 394 g/mol. The highest BCUT2D eigenvalue weighted by Crippen LogP contribution is 2.33. The minimum atomic E-state index is -0.435. The van der Waals surface area contributed by atoms with E-state index in [1.807, 2.05) is 43.3 Å². The van der Waals surface area contributed by atoms with Gasteiger partial charge < -0.3 is 15.0 Å². The lowest BCUT2D eigenvalue weighted by Gasteiger charge is -2.13. The highest BCUT2D eigenvalue weighted by Gasteiger charge is 2.15. The predicted octanol–water partition coefficient (Wildman–Crippen LogP) is 3.68. The summed E-state index contributed by atoms with van der Waals surface area (Å²) >= 11 is 4.46. The summed E-state index contributed by atoms with van der Waals surface area (Å²) in [6, 6.07) is 9.19. The number of nitrogens with one attached hydrogen (secondary N) is 2. The summed E-state index contributed by atoms with van der Waals surface area (Å²) in [7, 11) is 5.27. The summed E-state index contributed by atoms with van der Waals surface area (Å²) in [6.07, 6.45) is 0. The largest absolute Gasteiger partial charge is 0.465 e. The van der Waals surface area contributed by atoms with E-state index in [1.54, 1.807) is 6.07 Å². The van der Waals surface area contributed by atoms with Crippen molar-refractivity contribution in [1.29, 1.82) is 0 Å². The van der Waals surface area contributed by atoms with Gasteiger partial charge in [-0.1, -0.05) is 12.1 Å². The second-order valence-corrected chi connectivity index (χ2v) is 7.05. The number of carbonyl (C=O) groups excluding carboxylic acids is 2. The van der Waals surface area contributed by atoms with Crippen LogP contribution in [0.15, 0.2) is 34.8 Å². The lowest BCUT2D eigenvalue weighted by molar-refractivity contribution is 0.0606. The molecule has 1 aromatic heterocycles. The van der Waals surface area contributed by atoms with Crippen molar-refractivity contribution in [1.82, 2.24) is 5.32 Å². The van der Waals surface area contributed by atoms with E-state index < -0.39 is 5.97 Å². The van der Waals surface area contributed by atoms with Crippen LogP contribution < -0.4 is 15.5 Å². The number of esters is 1. The molecule has 2 amide bonds. The number of rotatable bonds is 5. The van der Waals surface area contributed by atoms with Gasteiger partial charge in [0.05, 0.1) is 11.6 Å². The molecule has 0 aliphatic rings. The van der Waals surface area contributed by atoms with Gasteiger partial charge in [-0.3, -0.25) is 5.32 Å². The molecule has 1 aromatic carbocycles. The van der Waals surface area contributed by atoms with Gasteiger partial charge in [0, 0.05) is 26.3 Å². The molecule has 24 heavy (non-hydrogen) atoms. The molecule has 0 saturated heterocycles. The molecule has 0 radical (unpaired) electrons. The van der Waals surface area contributed by atoms with E-state index >= 15 is 0 Å². The van der Waals surface area contributed by atoms with Gasteiger partial charge in [0.1, 0.15) is 9.88 Å². The first-order valence-corrected chi connectivity index (χ1v) is 8.70. The van der Waals surface area contributed by atoms with Crippen LogP contribution in [-0.2, 0) is 11.3 Å². The third kappa shape index (κ3) is 4.72. The number of ether oxygens (including phenoxy) is 1. The molecule has 2 rings (SSSR count). The number of halogens is 1. The summed E-state index contributed by atoms with van der Waals surface area (Å²) in [5, 5.41) is 6.05. The summed E-state index contributed by atoms with van der Waals surface area (Å²) in [5.74, 6) is -0.435. The van der Waals surface area contributed by atoms with Gasteiger partial charge >= 0.3 is 12.0 Å². The van der Waals surface area contributed by atoms with Crippen molar-refractivity contribution in [3.8, 4) is 0 Å². The van der Waals surface area contributed by atoms with Gasteiger partial charge in [0.25, 0.3) is 0 Å². The Kier molecular flexibility index (Phi) is 6.22. The average molecular weight is 412 g/mol. The van der Waals surface area contributed by atoms with Crippen molar-refractivity contribution in [2.24, 2.45) is 0 Å². The number of thiophene rings is 1. The Bertz CT molecular complexity index is 729. The summed E-state index contributed by atoms with van der Waals surface area (Å²) in [5.41, 5.74) is 2.09. The highest BCUT2D eigenvalue weighted by atomic mass is 79.9. The summed E-state index contributed by atoms with van der Waals surface area (Å²) in [6.45, 7) is 0.409. The number of nitrogens with zero attached hydrogens (tertiary/aromatic N) is 1. The van der Waals surface area contributed by atoms with Crippen molar-refractivity contribution in [2.75, 3.05) is 31.4 Å². The number of urea groups is 1. The molecule has 0 atom stereocenters. The first-order chi connectivity index (χ1) is 11.4. The topological polar surface area (TPSA) is 70.7 Å². The van der Waals surface area contributed by atoms with Gasteiger partial charge in [-0.2, -0.15) is 0 Å². The maximum absolute atomic E-state index is 12.0. The molecule has 2 aromatic rings. The van der Waals surface area contributed by atoms with Gasteiger partial charge in [0.15, 0.2) is 0 Å². The Morgan fingerprint density at radius 3 is 2.50 bits per heavy atom. The Hall–Kier alpha value is -2.06. The molecule has 2 N–H and O–H groups in total. The van der Waals surface area contributed by atoms with Crippen molar-refractivity contribution < 1.29 is 14.3 Å². The van der Waals surface area contributed by atoms with E-state index in [0.717, 1.165) is 22.6 Å². The van der Waals surface area contributed by atoms with Gasteiger partial charge in [0.2, 0.25) is 0 Å². The quantitative estimate of drug-likeness (QED) is 0.735. The van der Waals surface area contributed by atoms with Crippen molar-refractivity contribution in [3.05, 3.63) is 45.2 Å². The van der Waals surface area contributed by atoms with E-state index in [4.69, 9.17) is 0 Å². The van der Waals surface area contributed by atoms with Crippen LogP contribution in [0.2, 0.25) is 0 Å². The number of hydrogen-bond donors (Lipinski definition) is 2. The normalized spacial score (nSPS) is 10.2. The third-order valence-electron chi connectivity index (χ3n) is 3.21. The number of amides is 2. The molecular formula is C16H18BrN3O3S. The van der Waals surface area contributed by atoms with Crippen LogP contribution in [0.25, 0.3) is 0 Å². The Morgan fingerprint density at radius 1 is 1.25 bits per heavy atom. The molecule has 1 heterocycles. The van der Waals surface area contributed by atoms with Crippen LogP contribution in [0.4, 0.5) is 15.5 Å². The minimum Gasteiger partial charge on any atom is -0.465 e. The molecule has 0 bridgehead atoms. The molecule has 0 aliphatic carbocycles. The molecule has 128 valence electrons. The fourth-order valence-electron chi connectivity index (χ4n) is 1.90. The third-order valence-corrected chi connectivity index (χ3v) is 5.12. The first kappa shape index (κ1) is 18.3. The van der Waals surface area contributed by atoms with E-state index in [9.17, 15) is 9.59 Å². The fraction of sp³-hybridized carbons (Fsp3) is 0.250. The predicted molar refractivity (Wildman–Crippen MR) is 100.0 cm³/mol. The average Bonchev–Trinajstić information content (AvgIpc) is 2.93. The number of anilines is 2. The molecule has 0 spiro atoms. The lowest BCUT2D eigenvalue weighted by Crippen LogP contribution is -2.27. The van der Waals surface area contributed by atoms with Crippen LogP contribution in [0.1, 0.15) is 15.2 Å². The van der Waals surface area contributed by atoms with E-state index in [2.05, 4.69) is 31.3 Å². The summed E-state index contributed by atoms with van der Waals surface area (Å²) < 4.78 is 5.30. The highest BCUT2D eigenvalue weighted by molar-refractivity contribution is 9.10. The van der Waals surface area contributed by atoms with Crippen LogP contribution in [0.3, 0.4) is 0 Å². The molecule has 0 fully saturated rings. The number of benzene rings is 1. The fourth-order valence-corrected chi connectivity index (χ4v) is 3.48. The van der Waals surface area contributed by atoms with Crippen molar-refractivity contribution in [3.63, 3.8) is 0 Å². The SMILES string of the molecule is COC(=O)c1cc(Br)c(NC(=O)NCc2ccc(N(C)C)cc2)s1. The Balaban J connectivity index is 1.91. The van der Waals surface area contributed by atoms with Crippen LogP contribution in [-0.4, -0.2) is 33.2 Å². The first-order valence-electron chi connectivity index (χ1n) is 7.09. The zero-order valence-electron chi connectivity index (χ0n) is 13.6. The monoisotopic (exact) mass is 411 g/mol. The smallest absolute Gasteiger partial charge is 0.348 e. The zero-order chi connectivity index (χ0) is 17.7. The Labute approximate surface area is 152 Å². The van der Waals surface area contributed by atoms with Crippen molar-refractivity contribution >= 4 is 50.0 Å². The minimum absolute atomic E-state index is 0.342. The van der Waals surface area contributed by atoms with Gasteiger partial charge in [-0.05, 0) is 39.7 Å². The lowest BCUT2D eigenvalue weighted by atomic mass is 10.2. The second-order valence-electron chi connectivity index (χ2n) is 5.15. The van der Waals surface area contributed by atoms with Gasteiger partial charge in [-0.25, -0.2) is 9.59 Å². The van der Waals surface area contributed by atoms with E-state index in [-0.39, 0.29) is 6.03 Å². The van der Waals surface area contributed by atoms with Crippen LogP contribution >= 0.6 is 27.3 Å². The second kappa shape index (κ2) is 8.16. The maximum atomic E-state index is 12.0.